The Bertz CT molecular complexity index is 667. The number of aryl methyl sites for hydroxylation is 1. The number of benzene rings is 1. The van der Waals surface area contributed by atoms with Crippen molar-refractivity contribution in [1.82, 2.24) is 5.06 Å². The molecule has 1 fully saturated rings. The van der Waals surface area contributed by atoms with Gasteiger partial charge in [0.2, 0.25) is 6.61 Å². The number of oxime groups is 1. The maximum absolute atomic E-state index is 11.6. The highest BCUT2D eigenvalue weighted by Gasteiger charge is 2.32. The Morgan fingerprint density at radius 3 is 2.61 bits per heavy atom. The van der Waals surface area contributed by atoms with Crippen molar-refractivity contribution in [2.75, 3.05) is 6.61 Å². The minimum atomic E-state index is -0.831. The van der Waals surface area contributed by atoms with Crippen molar-refractivity contribution >= 4 is 23.5 Å². The first-order chi connectivity index (χ1) is 11.1. The van der Waals surface area contributed by atoms with Gasteiger partial charge in [-0.25, -0.2) is 4.79 Å². The standard InChI is InChI=1S/C16H16N2O5/c19-14-8-9-15(20)18(14)23-16(21)10-22-17-13-7-3-5-11-4-1-2-6-12(11)13/h1-2,4,6H,3,5,7-10H2/b17-13+. The second-order valence-corrected chi connectivity index (χ2v) is 5.37. The van der Waals surface area contributed by atoms with Crippen molar-refractivity contribution < 1.29 is 24.1 Å². The predicted octanol–water partition coefficient (Wildman–Crippen LogP) is 1.35. The number of carbonyl (C=O) groups is 3. The number of imide groups is 1. The number of hydroxylamine groups is 2. The zero-order valence-electron chi connectivity index (χ0n) is 12.5. The van der Waals surface area contributed by atoms with E-state index in [9.17, 15) is 14.4 Å². The van der Waals surface area contributed by atoms with Gasteiger partial charge in [0.05, 0.1) is 5.71 Å². The fraction of sp³-hybridized carbons (Fsp3) is 0.375. The molecule has 1 saturated heterocycles. The van der Waals surface area contributed by atoms with Gasteiger partial charge in [0.1, 0.15) is 0 Å². The molecular weight excluding hydrogens is 300 g/mol. The Balaban J connectivity index is 1.56. The van der Waals surface area contributed by atoms with Gasteiger partial charge in [0.15, 0.2) is 0 Å². The van der Waals surface area contributed by atoms with Crippen LogP contribution in [0.15, 0.2) is 29.4 Å². The molecule has 0 saturated carbocycles. The van der Waals surface area contributed by atoms with Crippen LogP contribution in [0.5, 0.6) is 0 Å². The van der Waals surface area contributed by atoms with Crippen molar-refractivity contribution in [2.45, 2.75) is 32.1 Å². The molecule has 120 valence electrons. The normalized spacial score (nSPS) is 19.0. The molecular formula is C16H16N2O5. The SMILES string of the molecule is O=C(CO/N=C1\CCCc2ccccc21)ON1C(=O)CCC1=O. The summed E-state index contributed by atoms with van der Waals surface area (Å²) in [6, 6.07) is 7.92. The van der Waals surface area contributed by atoms with Gasteiger partial charge < -0.3 is 9.68 Å². The minimum Gasteiger partial charge on any atom is -0.383 e. The molecule has 1 aliphatic carbocycles. The quantitative estimate of drug-likeness (QED) is 0.618. The summed E-state index contributed by atoms with van der Waals surface area (Å²) in [6.45, 7) is -0.456. The number of carbonyl (C=O) groups excluding carboxylic acids is 3. The van der Waals surface area contributed by atoms with Crippen LogP contribution in [0.25, 0.3) is 0 Å². The molecule has 1 aromatic rings. The summed E-state index contributed by atoms with van der Waals surface area (Å²) in [4.78, 5) is 44.0. The summed E-state index contributed by atoms with van der Waals surface area (Å²) in [5.74, 6) is -1.87. The molecule has 2 aliphatic rings. The topological polar surface area (TPSA) is 85.3 Å². The average molecular weight is 316 g/mol. The molecule has 0 radical (unpaired) electrons. The second-order valence-electron chi connectivity index (χ2n) is 5.37. The molecule has 1 aliphatic heterocycles. The monoisotopic (exact) mass is 316 g/mol. The van der Waals surface area contributed by atoms with E-state index < -0.39 is 24.4 Å². The first kappa shape index (κ1) is 15.2. The molecule has 3 rings (SSSR count). The second kappa shape index (κ2) is 6.60. The molecule has 0 spiro atoms. The number of hydrogen-bond acceptors (Lipinski definition) is 6. The smallest absolute Gasteiger partial charge is 0.373 e. The van der Waals surface area contributed by atoms with E-state index in [0.717, 1.165) is 30.5 Å². The first-order valence-corrected chi connectivity index (χ1v) is 7.49. The fourth-order valence-corrected chi connectivity index (χ4v) is 2.64. The highest BCUT2D eigenvalue weighted by molar-refractivity contribution is 6.02. The maximum Gasteiger partial charge on any atom is 0.373 e. The van der Waals surface area contributed by atoms with Crippen LogP contribution in [0.2, 0.25) is 0 Å². The summed E-state index contributed by atoms with van der Waals surface area (Å²) in [5, 5.41) is 4.50. The van der Waals surface area contributed by atoms with Gasteiger partial charge >= 0.3 is 5.97 Å². The van der Waals surface area contributed by atoms with Gasteiger partial charge in [-0.2, -0.15) is 0 Å². The third kappa shape index (κ3) is 3.39. The molecule has 0 aromatic heterocycles. The molecule has 7 nitrogen and oxygen atoms in total. The van der Waals surface area contributed by atoms with Gasteiger partial charge in [-0.1, -0.05) is 29.4 Å². The van der Waals surface area contributed by atoms with E-state index in [4.69, 9.17) is 9.68 Å². The summed E-state index contributed by atoms with van der Waals surface area (Å²) >= 11 is 0. The van der Waals surface area contributed by atoms with E-state index in [1.54, 1.807) is 0 Å². The Morgan fingerprint density at radius 1 is 1.09 bits per heavy atom. The van der Waals surface area contributed by atoms with E-state index >= 15 is 0 Å². The Kier molecular flexibility index (Phi) is 4.36. The van der Waals surface area contributed by atoms with Crippen LogP contribution >= 0.6 is 0 Å². The zero-order valence-corrected chi connectivity index (χ0v) is 12.5. The van der Waals surface area contributed by atoms with Gasteiger partial charge in [0.25, 0.3) is 11.8 Å². The van der Waals surface area contributed by atoms with Crippen LogP contribution < -0.4 is 0 Å². The van der Waals surface area contributed by atoms with E-state index in [2.05, 4.69) is 5.16 Å². The number of fused-ring (bicyclic) bond motifs is 1. The maximum atomic E-state index is 11.6. The van der Waals surface area contributed by atoms with Gasteiger partial charge in [-0.3, -0.25) is 9.59 Å². The third-order valence-electron chi connectivity index (χ3n) is 3.74. The van der Waals surface area contributed by atoms with E-state index in [1.807, 2.05) is 24.3 Å². The lowest BCUT2D eigenvalue weighted by molar-refractivity contribution is -0.200. The van der Waals surface area contributed by atoms with Gasteiger partial charge in [-0.15, -0.1) is 5.06 Å². The van der Waals surface area contributed by atoms with Gasteiger partial charge in [0, 0.05) is 18.4 Å². The average Bonchev–Trinajstić information content (AvgIpc) is 2.87. The number of amides is 2. The lowest BCUT2D eigenvalue weighted by atomic mass is 9.90. The highest BCUT2D eigenvalue weighted by Crippen LogP contribution is 2.21. The summed E-state index contributed by atoms with van der Waals surface area (Å²) in [6.07, 6.45) is 2.87. The minimum absolute atomic E-state index is 0.0616. The van der Waals surface area contributed by atoms with E-state index in [-0.39, 0.29) is 12.8 Å². The number of rotatable bonds is 4. The summed E-state index contributed by atoms with van der Waals surface area (Å²) in [7, 11) is 0. The van der Waals surface area contributed by atoms with Crippen LogP contribution in [0, 0.1) is 0 Å². The summed E-state index contributed by atoms with van der Waals surface area (Å²) < 4.78 is 0. The molecule has 0 N–H and O–H groups in total. The molecule has 1 aromatic carbocycles. The van der Waals surface area contributed by atoms with Crippen molar-refractivity contribution in [3.05, 3.63) is 35.4 Å². The zero-order chi connectivity index (χ0) is 16.2. The van der Waals surface area contributed by atoms with Gasteiger partial charge in [-0.05, 0) is 24.8 Å². The van der Waals surface area contributed by atoms with E-state index in [1.165, 1.54) is 5.56 Å². The largest absolute Gasteiger partial charge is 0.383 e. The number of hydrogen-bond donors (Lipinski definition) is 0. The Hall–Kier alpha value is -2.70. The van der Waals surface area contributed by atoms with Crippen LogP contribution in [0.1, 0.15) is 36.8 Å². The van der Waals surface area contributed by atoms with Crippen LogP contribution in [-0.4, -0.2) is 35.2 Å². The van der Waals surface area contributed by atoms with Crippen molar-refractivity contribution in [3.63, 3.8) is 0 Å². The van der Waals surface area contributed by atoms with Crippen molar-refractivity contribution in [1.29, 1.82) is 0 Å². The van der Waals surface area contributed by atoms with Crippen LogP contribution in [0.4, 0.5) is 0 Å². The summed E-state index contributed by atoms with van der Waals surface area (Å²) in [5.41, 5.74) is 3.02. The van der Waals surface area contributed by atoms with Crippen LogP contribution in [-0.2, 0) is 30.5 Å². The predicted molar refractivity (Wildman–Crippen MR) is 79.0 cm³/mol. The molecule has 0 unspecified atom stereocenters. The van der Waals surface area contributed by atoms with Crippen LogP contribution in [0.3, 0.4) is 0 Å². The first-order valence-electron chi connectivity index (χ1n) is 7.49. The molecule has 0 atom stereocenters. The fourth-order valence-electron chi connectivity index (χ4n) is 2.64. The molecule has 2 amide bonds. The van der Waals surface area contributed by atoms with Crippen molar-refractivity contribution in [2.24, 2.45) is 5.16 Å². The van der Waals surface area contributed by atoms with E-state index in [0.29, 0.717) is 5.06 Å². The Labute approximate surface area is 132 Å². The number of nitrogens with zero attached hydrogens (tertiary/aromatic N) is 2. The molecule has 23 heavy (non-hydrogen) atoms. The highest BCUT2D eigenvalue weighted by atomic mass is 16.7. The molecule has 7 heteroatoms. The Morgan fingerprint density at radius 2 is 1.83 bits per heavy atom. The van der Waals surface area contributed by atoms with Crippen molar-refractivity contribution in [3.8, 4) is 0 Å². The lowest BCUT2D eigenvalue weighted by Gasteiger charge is -2.17. The lowest BCUT2D eigenvalue weighted by Crippen LogP contribution is -2.33. The molecule has 0 bridgehead atoms. The third-order valence-corrected chi connectivity index (χ3v) is 3.74. The molecule has 1 heterocycles.